The molecule has 0 unspecified atom stereocenters. The van der Waals surface area contributed by atoms with Crippen molar-refractivity contribution in [1.82, 2.24) is 9.21 Å². The van der Waals surface area contributed by atoms with Crippen LogP contribution in [0.4, 0.5) is 5.69 Å². The van der Waals surface area contributed by atoms with E-state index in [1.54, 1.807) is 48.5 Å². The molecule has 0 spiro atoms. The van der Waals surface area contributed by atoms with Crippen LogP contribution in [0.1, 0.15) is 91.3 Å². The van der Waals surface area contributed by atoms with Crippen molar-refractivity contribution in [3.63, 3.8) is 0 Å². The summed E-state index contributed by atoms with van der Waals surface area (Å²) in [7, 11) is -3.67. The number of carbonyl (C=O) groups excluding carboxylic acids is 3. The Bertz CT molecular complexity index is 1240. The Morgan fingerprint density at radius 1 is 0.789 bits per heavy atom. The minimum Gasteiger partial charge on any atom is -0.326 e. The van der Waals surface area contributed by atoms with Gasteiger partial charge < -0.3 is 5.32 Å². The van der Waals surface area contributed by atoms with Crippen LogP contribution in [0.2, 0.25) is 0 Å². The third-order valence-electron chi connectivity index (χ3n) is 8.02. The van der Waals surface area contributed by atoms with E-state index in [1.807, 2.05) is 4.31 Å². The van der Waals surface area contributed by atoms with Crippen molar-refractivity contribution in [3.8, 4) is 0 Å². The molecule has 5 rings (SSSR count). The van der Waals surface area contributed by atoms with E-state index in [1.165, 1.54) is 0 Å². The molecule has 2 saturated carbocycles. The number of sulfonamides is 1. The zero-order valence-corrected chi connectivity index (χ0v) is 22.4. The van der Waals surface area contributed by atoms with Gasteiger partial charge in [-0.25, -0.2) is 8.42 Å². The van der Waals surface area contributed by atoms with E-state index in [0.29, 0.717) is 16.8 Å². The van der Waals surface area contributed by atoms with E-state index in [4.69, 9.17) is 0 Å². The van der Waals surface area contributed by atoms with Crippen LogP contribution in [0.15, 0.2) is 53.4 Å². The van der Waals surface area contributed by atoms with Gasteiger partial charge in [-0.05, 0) is 62.1 Å². The lowest BCUT2D eigenvalue weighted by Gasteiger charge is -2.40. The number of benzene rings is 2. The number of carbonyl (C=O) groups is 3. The highest BCUT2D eigenvalue weighted by molar-refractivity contribution is 7.89. The molecule has 0 saturated heterocycles. The number of nitrogens with zero attached hydrogens (tertiary/aromatic N) is 2. The van der Waals surface area contributed by atoms with E-state index < -0.39 is 21.8 Å². The van der Waals surface area contributed by atoms with Crippen molar-refractivity contribution in [2.24, 2.45) is 0 Å². The van der Waals surface area contributed by atoms with Gasteiger partial charge in [-0.1, -0.05) is 50.7 Å². The smallest absolute Gasteiger partial charge is 0.261 e. The van der Waals surface area contributed by atoms with E-state index in [0.717, 1.165) is 69.1 Å². The van der Waals surface area contributed by atoms with Gasteiger partial charge in [0.2, 0.25) is 15.9 Å². The Kier molecular flexibility index (Phi) is 7.95. The summed E-state index contributed by atoms with van der Waals surface area (Å²) in [5.74, 6) is -1.15. The molecule has 2 aliphatic carbocycles. The van der Waals surface area contributed by atoms with Crippen molar-refractivity contribution in [2.75, 3.05) is 11.9 Å². The fraction of sp³-hybridized carbons (Fsp3) is 0.483. The first-order chi connectivity index (χ1) is 18.4. The molecule has 3 amide bonds. The third-order valence-corrected chi connectivity index (χ3v) is 10.0. The summed E-state index contributed by atoms with van der Waals surface area (Å²) >= 11 is 0. The minimum absolute atomic E-state index is 0.0254. The fourth-order valence-corrected chi connectivity index (χ4v) is 8.00. The maximum Gasteiger partial charge on any atom is 0.261 e. The van der Waals surface area contributed by atoms with Gasteiger partial charge >= 0.3 is 0 Å². The van der Waals surface area contributed by atoms with Crippen molar-refractivity contribution in [1.29, 1.82) is 0 Å². The minimum atomic E-state index is -3.67. The third kappa shape index (κ3) is 5.40. The van der Waals surface area contributed by atoms with E-state index in [2.05, 4.69) is 5.32 Å². The lowest BCUT2D eigenvalue weighted by Crippen LogP contribution is -2.48. The van der Waals surface area contributed by atoms with Crippen LogP contribution in [0.3, 0.4) is 0 Å². The standard InChI is InChI=1S/C29H35N3O5S/c33-27(19-20-31-28(34)25-13-7-8-14-26(25)29(31)35)30-21-15-17-24(18-16-21)38(36,37)32(22-9-3-1-4-10-22)23-11-5-2-6-12-23/h7-8,13-18,22-23H,1-6,9-12,19-20H2,(H,30,33). The maximum atomic E-state index is 13.8. The van der Waals surface area contributed by atoms with Gasteiger partial charge in [0.25, 0.3) is 11.8 Å². The second-order valence-electron chi connectivity index (χ2n) is 10.5. The lowest BCUT2D eigenvalue weighted by molar-refractivity contribution is -0.116. The summed E-state index contributed by atoms with van der Waals surface area (Å²) in [6.45, 7) is -0.0254. The Balaban J connectivity index is 1.23. The molecule has 9 heteroatoms. The van der Waals surface area contributed by atoms with Gasteiger partial charge in [0.1, 0.15) is 0 Å². The molecule has 202 valence electrons. The zero-order chi connectivity index (χ0) is 26.7. The molecular formula is C29H35N3O5S. The Morgan fingerprint density at radius 2 is 1.29 bits per heavy atom. The number of fused-ring (bicyclic) bond motifs is 1. The molecule has 1 aliphatic heterocycles. The van der Waals surface area contributed by atoms with Crippen LogP contribution >= 0.6 is 0 Å². The number of imide groups is 1. The van der Waals surface area contributed by atoms with E-state index in [-0.39, 0.29) is 35.9 Å². The number of amides is 3. The first kappa shape index (κ1) is 26.6. The second-order valence-corrected chi connectivity index (χ2v) is 12.4. The molecule has 3 aliphatic rings. The highest BCUT2D eigenvalue weighted by atomic mass is 32.2. The summed E-state index contributed by atoms with van der Waals surface area (Å²) < 4.78 is 29.5. The second kappa shape index (κ2) is 11.4. The molecular weight excluding hydrogens is 502 g/mol. The largest absolute Gasteiger partial charge is 0.326 e. The molecule has 2 aromatic rings. The molecule has 0 aromatic heterocycles. The van der Waals surface area contributed by atoms with Gasteiger partial charge in [0, 0.05) is 30.7 Å². The molecule has 1 N–H and O–H groups in total. The average Bonchev–Trinajstić information content (AvgIpc) is 3.18. The van der Waals surface area contributed by atoms with E-state index >= 15 is 0 Å². The predicted octanol–water partition coefficient (Wildman–Crippen LogP) is 4.97. The first-order valence-electron chi connectivity index (χ1n) is 13.7. The highest BCUT2D eigenvalue weighted by Crippen LogP contribution is 2.35. The van der Waals surface area contributed by atoms with Crippen molar-refractivity contribution in [2.45, 2.75) is 87.6 Å². The molecule has 0 bridgehead atoms. The summed E-state index contributed by atoms with van der Waals surface area (Å²) in [5, 5.41) is 2.75. The molecule has 8 nitrogen and oxygen atoms in total. The van der Waals surface area contributed by atoms with Crippen LogP contribution in [-0.4, -0.2) is 54.0 Å². The number of nitrogens with one attached hydrogen (secondary N) is 1. The fourth-order valence-electron chi connectivity index (χ4n) is 6.07. The van der Waals surface area contributed by atoms with Crippen LogP contribution in [0, 0.1) is 0 Å². The van der Waals surface area contributed by atoms with Crippen molar-refractivity contribution >= 4 is 33.4 Å². The number of anilines is 1. The van der Waals surface area contributed by atoms with Crippen LogP contribution in [-0.2, 0) is 14.8 Å². The maximum absolute atomic E-state index is 13.8. The topological polar surface area (TPSA) is 104 Å². The summed E-state index contributed by atoms with van der Waals surface area (Å²) in [5.41, 5.74) is 1.17. The first-order valence-corrected chi connectivity index (χ1v) is 15.2. The summed E-state index contributed by atoms with van der Waals surface area (Å²) in [4.78, 5) is 38.9. The molecule has 38 heavy (non-hydrogen) atoms. The molecule has 0 atom stereocenters. The number of hydrogen-bond donors (Lipinski definition) is 1. The van der Waals surface area contributed by atoms with Crippen LogP contribution < -0.4 is 5.32 Å². The SMILES string of the molecule is O=C(CCN1C(=O)c2ccccc2C1=O)Nc1ccc(S(=O)(=O)N(C2CCCCC2)C2CCCCC2)cc1. The van der Waals surface area contributed by atoms with Gasteiger partial charge in [0.05, 0.1) is 16.0 Å². The van der Waals surface area contributed by atoms with Gasteiger partial charge in [-0.3, -0.25) is 19.3 Å². The summed E-state index contributed by atoms with van der Waals surface area (Å²) in [6, 6.07) is 13.1. The van der Waals surface area contributed by atoms with E-state index in [9.17, 15) is 22.8 Å². The molecule has 0 radical (unpaired) electrons. The molecule has 1 heterocycles. The van der Waals surface area contributed by atoms with Crippen molar-refractivity contribution in [3.05, 3.63) is 59.7 Å². The van der Waals surface area contributed by atoms with Gasteiger partial charge in [-0.15, -0.1) is 0 Å². The molecule has 2 fully saturated rings. The number of hydrogen-bond acceptors (Lipinski definition) is 5. The van der Waals surface area contributed by atoms with Crippen LogP contribution in [0.5, 0.6) is 0 Å². The lowest BCUT2D eigenvalue weighted by atomic mass is 9.91. The summed E-state index contributed by atoms with van der Waals surface area (Å²) in [6.07, 6.45) is 10.2. The Labute approximate surface area is 224 Å². The van der Waals surface area contributed by atoms with Gasteiger partial charge in [0.15, 0.2) is 0 Å². The highest BCUT2D eigenvalue weighted by Gasteiger charge is 2.38. The Morgan fingerprint density at radius 3 is 1.79 bits per heavy atom. The quantitative estimate of drug-likeness (QED) is 0.479. The zero-order valence-electron chi connectivity index (χ0n) is 21.6. The monoisotopic (exact) mass is 537 g/mol. The average molecular weight is 538 g/mol. The van der Waals surface area contributed by atoms with Gasteiger partial charge in [-0.2, -0.15) is 4.31 Å². The van der Waals surface area contributed by atoms with Crippen molar-refractivity contribution < 1.29 is 22.8 Å². The number of rotatable bonds is 8. The van der Waals surface area contributed by atoms with Crippen LogP contribution in [0.25, 0.3) is 0 Å². The predicted molar refractivity (Wildman–Crippen MR) is 144 cm³/mol. The molecule has 2 aromatic carbocycles. The Hall–Kier alpha value is -3.04. The normalized spacial score (nSPS) is 19.1.